The molecule has 3 aromatic heterocycles. The summed E-state index contributed by atoms with van der Waals surface area (Å²) in [6.45, 7) is 7.98. The minimum atomic E-state index is -0.943. The number of hydrogen-bond donors (Lipinski definition) is 1. The highest BCUT2D eigenvalue weighted by Gasteiger charge is 2.49. The number of nitrogens with one attached hydrogen (secondary N) is 1. The lowest BCUT2D eigenvalue weighted by atomic mass is 9.91. The summed E-state index contributed by atoms with van der Waals surface area (Å²) in [5, 5.41) is 4.87. The van der Waals surface area contributed by atoms with Crippen LogP contribution in [0.2, 0.25) is 0 Å². The second-order valence-electron chi connectivity index (χ2n) is 16.3. The van der Waals surface area contributed by atoms with E-state index in [9.17, 15) is 14.0 Å². The molecule has 1 N–H and O–H groups in total. The van der Waals surface area contributed by atoms with Crippen LogP contribution in [0.3, 0.4) is 0 Å². The summed E-state index contributed by atoms with van der Waals surface area (Å²) in [5.74, 6) is -0.644. The average molecular weight is 778 g/mol. The summed E-state index contributed by atoms with van der Waals surface area (Å²) < 4.78 is 50.3. The number of ether oxygens (including phenoxy) is 3. The number of alkyl halides is 1. The van der Waals surface area contributed by atoms with Crippen molar-refractivity contribution in [2.75, 3.05) is 44.3 Å². The van der Waals surface area contributed by atoms with E-state index in [0.717, 1.165) is 36.9 Å². The fraction of sp³-hybridized carbons (Fsp3) is 0.442. The quantitative estimate of drug-likeness (QED) is 0.144. The van der Waals surface area contributed by atoms with Crippen LogP contribution in [-0.2, 0) is 11.2 Å². The zero-order chi connectivity index (χ0) is 39.5. The van der Waals surface area contributed by atoms with Gasteiger partial charge in [-0.2, -0.15) is 9.97 Å². The first kappa shape index (κ1) is 37.1. The van der Waals surface area contributed by atoms with Crippen molar-refractivity contribution in [3.05, 3.63) is 77.0 Å². The highest BCUT2D eigenvalue weighted by atomic mass is 19.1. The van der Waals surface area contributed by atoms with Crippen LogP contribution >= 0.6 is 0 Å². The fourth-order valence-corrected chi connectivity index (χ4v) is 9.49. The van der Waals surface area contributed by atoms with Gasteiger partial charge in [-0.15, -0.1) is 0 Å². The number of pyridine rings is 2. The van der Waals surface area contributed by atoms with E-state index in [-0.39, 0.29) is 36.2 Å². The van der Waals surface area contributed by atoms with Gasteiger partial charge in [0.2, 0.25) is 0 Å². The van der Waals surface area contributed by atoms with Gasteiger partial charge >= 0.3 is 18.1 Å². The van der Waals surface area contributed by atoms with E-state index in [1.54, 1.807) is 37.5 Å². The molecule has 5 aliphatic heterocycles. The molecule has 6 bridgehead atoms. The molecular formula is C43H45F2N7O5. The van der Waals surface area contributed by atoms with Crippen LogP contribution in [0, 0.1) is 19.7 Å². The Bertz CT molecular complexity index is 2410. The summed E-state index contributed by atoms with van der Waals surface area (Å²) in [7, 11) is 0. The van der Waals surface area contributed by atoms with Gasteiger partial charge in [-0.3, -0.25) is 14.9 Å². The van der Waals surface area contributed by atoms with Crippen molar-refractivity contribution in [3.8, 4) is 23.0 Å². The number of carbonyl (C=O) groups excluding carboxylic acids is 2. The van der Waals surface area contributed by atoms with E-state index >= 15 is 4.39 Å². The average Bonchev–Trinajstić information content (AvgIpc) is 3.70. The Hall–Kier alpha value is -5.50. The molecule has 14 heteroatoms. The van der Waals surface area contributed by atoms with Gasteiger partial charge in [0.25, 0.3) is 0 Å². The lowest BCUT2D eigenvalue weighted by molar-refractivity contribution is 0.0733. The van der Waals surface area contributed by atoms with Gasteiger partial charge in [0.15, 0.2) is 5.82 Å². The molecule has 2 aromatic carbocycles. The SMILES string of the molecule is Cc1ccnc(C)c1C(=O)Oc1cc2c3c(cccc3c1)CCCOC(=O)N[C@]1(C)CCCN(C1)c1nc(OC[C@@]34CCCN3C[C@H](F)C4)nc3c(F)c-2ncc13. The molecule has 296 valence electrons. The normalized spacial score (nSPS) is 23.7. The molecule has 0 radical (unpaired) electrons. The topological polar surface area (TPSA) is 132 Å². The molecule has 5 aliphatic rings. The zero-order valence-electron chi connectivity index (χ0n) is 32.4. The number of piperidine rings is 1. The second-order valence-corrected chi connectivity index (χ2v) is 16.3. The maximum atomic E-state index is 17.6. The van der Waals surface area contributed by atoms with E-state index in [4.69, 9.17) is 29.2 Å². The predicted octanol–water partition coefficient (Wildman–Crippen LogP) is 7.20. The standard InChI is InChI=1S/C43H45F2N7O5/c1-25-11-14-46-26(2)33(25)39(53)57-30-18-28-9-4-8-27-10-5-17-55-41(54)50-42(3)12-6-15-51(23-42)38-32-21-47-36(31(19-30)34(27)28)35(45)37(32)48-40(49-38)56-24-43-13-7-16-52(43)22-29(44)20-43/h4,8-9,11,14,18-19,21,29H,5-7,10,12-13,15-17,20,22-24H2,1-3H3,(H,50,54)/t29-,42-,43+/m1/s1. The maximum Gasteiger partial charge on any atom is 0.407 e. The number of esters is 1. The lowest BCUT2D eigenvalue weighted by Gasteiger charge is -2.41. The van der Waals surface area contributed by atoms with Crippen LogP contribution < -0.4 is 19.7 Å². The molecule has 8 heterocycles. The third-order valence-corrected chi connectivity index (χ3v) is 12.2. The van der Waals surface area contributed by atoms with E-state index in [0.29, 0.717) is 84.1 Å². The fourth-order valence-electron chi connectivity index (χ4n) is 9.49. The number of anilines is 1. The van der Waals surface area contributed by atoms with Crippen molar-refractivity contribution in [2.24, 2.45) is 0 Å². The van der Waals surface area contributed by atoms with Crippen LogP contribution in [0.5, 0.6) is 11.8 Å². The van der Waals surface area contributed by atoms with Crippen molar-refractivity contribution in [1.82, 2.24) is 30.2 Å². The van der Waals surface area contributed by atoms with Crippen LogP contribution in [-0.4, -0.2) is 93.5 Å². The van der Waals surface area contributed by atoms with Gasteiger partial charge < -0.3 is 24.4 Å². The van der Waals surface area contributed by atoms with Crippen LogP contribution in [0.4, 0.5) is 19.4 Å². The molecule has 57 heavy (non-hydrogen) atoms. The molecule has 3 saturated heterocycles. The molecule has 0 spiro atoms. The maximum absolute atomic E-state index is 17.6. The van der Waals surface area contributed by atoms with Crippen LogP contribution in [0.15, 0.2) is 48.8 Å². The summed E-state index contributed by atoms with van der Waals surface area (Å²) in [6.07, 6.45) is 6.30. The summed E-state index contributed by atoms with van der Waals surface area (Å²) in [4.78, 5) is 49.6. The Labute approximate surface area is 328 Å². The Morgan fingerprint density at radius 3 is 2.81 bits per heavy atom. The third kappa shape index (κ3) is 6.87. The summed E-state index contributed by atoms with van der Waals surface area (Å²) in [5.41, 5.74) is 1.77. The van der Waals surface area contributed by atoms with Gasteiger partial charge in [0.1, 0.15) is 35.6 Å². The number of halogens is 2. The summed E-state index contributed by atoms with van der Waals surface area (Å²) in [6, 6.07) is 10.8. The molecule has 5 aromatic rings. The molecule has 12 nitrogen and oxygen atoms in total. The Kier molecular flexibility index (Phi) is 9.41. The van der Waals surface area contributed by atoms with Gasteiger partial charge in [0.05, 0.1) is 34.3 Å². The number of rotatable bonds is 5. The molecule has 0 saturated carbocycles. The highest BCUT2D eigenvalue weighted by molar-refractivity contribution is 6.02. The van der Waals surface area contributed by atoms with E-state index in [1.165, 1.54) is 0 Å². The Balaban J connectivity index is 1.21. The Morgan fingerprint density at radius 2 is 1.95 bits per heavy atom. The number of aromatic nitrogens is 4. The van der Waals surface area contributed by atoms with Crippen molar-refractivity contribution >= 4 is 39.6 Å². The summed E-state index contributed by atoms with van der Waals surface area (Å²) >= 11 is 0. The van der Waals surface area contributed by atoms with Crippen molar-refractivity contribution < 1.29 is 32.6 Å². The van der Waals surface area contributed by atoms with E-state index in [1.807, 2.05) is 36.9 Å². The first-order valence-electron chi connectivity index (χ1n) is 19.8. The Morgan fingerprint density at radius 1 is 1.09 bits per heavy atom. The van der Waals surface area contributed by atoms with Gasteiger partial charge in [-0.25, -0.2) is 18.4 Å². The molecule has 1 amide bonds. The number of carbonyl (C=O) groups is 2. The number of nitrogens with zero attached hydrogens (tertiary/aromatic N) is 6. The molecule has 10 rings (SSSR count). The minimum Gasteiger partial charge on any atom is -0.461 e. The van der Waals surface area contributed by atoms with E-state index in [2.05, 4.69) is 15.2 Å². The second kappa shape index (κ2) is 14.5. The minimum absolute atomic E-state index is 0.00849. The number of fused-ring (bicyclic) bond motifs is 7. The van der Waals surface area contributed by atoms with Crippen molar-refractivity contribution in [1.29, 1.82) is 0 Å². The number of aryl methyl sites for hydroxylation is 3. The van der Waals surface area contributed by atoms with Crippen molar-refractivity contribution in [2.45, 2.75) is 83.0 Å². The predicted molar refractivity (Wildman–Crippen MR) is 210 cm³/mol. The highest BCUT2D eigenvalue weighted by Crippen LogP contribution is 2.42. The number of hydrogen-bond acceptors (Lipinski definition) is 11. The van der Waals surface area contributed by atoms with Gasteiger partial charge in [0, 0.05) is 44.0 Å². The van der Waals surface area contributed by atoms with Crippen LogP contribution in [0.25, 0.3) is 32.9 Å². The third-order valence-electron chi connectivity index (χ3n) is 12.2. The smallest absolute Gasteiger partial charge is 0.407 e. The van der Waals surface area contributed by atoms with Gasteiger partial charge in [-0.1, -0.05) is 18.2 Å². The molecule has 3 fully saturated rings. The van der Waals surface area contributed by atoms with Gasteiger partial charge in [-0.05, 0) is 106 Å². The molecule has 3 atom stereocenters. The molecule has 0 unspecified atom stereocenters. The first-order chi connectivity index (χ1) is 27.5. The molecular weight excluding hydrogens is 733 g/mol. The molecule has 0 aliphatic carbocycles. The first-order valence-corrected chi connectivity index (χ1v) is 19.8. The number of benzene rings is 2. The van der Waals surface area contributed by atoms with Crippen molar-refractivity contribution in [3.63, 3.8) is 0 Å². The zero-order valence-corrected chi connectivity index (χ0v) is 32.4. The number of amides is 1. The lowest BCUT2D eigenvalue weighted by Crippen LogP contribution is -2.57. The largest absolute Gasteiger partial charge is 0.461 e. The monoisotopic (exact) mass is 777 g/mol. The van der Waals surface area contributed by atoms with E-state index < -0.39 is 35.1 Å². The number of alkyl carbamates (subject to hydrolysis) is 1. The van der Waals surface area contributed by atoms with Crippen LogP contribution in [0.1, 0.15) is 72.6 Å².